The average molecular weight is 383 g/mol. The molecule has 26 heavy (non-hydrogen) atoms. The van der Waals surface area contributed by atoms with Gasteiger partial charge in [-0.05, 0) is 39.8 Å². The third-order valence-electron chi connectivity index (χ3n) is 4.14. The number of nitrogens with one attached hydrogen (secondary N) is 1. The molecular weight excluding hydrogens is 356 g/mol. The van der Waals surface area contributed by atoms with Crippen LogP contribution in [0.2, 0.25) is 0 Å². The Morgan fingerprint density at radius 1 is 1.12 bits per heavy atom. The fourth-order valence-electron chi connectivity index (χ4n) is 2.81. The number of quaternary nitrogens is 1. The molecule has 7 nitrogen and oxygen atoms in total. The van der Waals surface area contributed by atoms with Crippen LogP contribution in [0.4, 0.5) is 0 Å². The Kier molecular flexibility index (Phi) is 6.21. The van der Waals surface area contributed by atoms with Gasteiger partial charge in [0.05, 0.1) is 31.1 Å². The molecule has 1 saturated heterocycles. The van der Waals surface area contributed by atoms with Gasteiger partial charge in [-0.15, -0.1) is 0 Å². The molecule has 0 aliphatic carbocycles. The number of Topliss-reactive ketones (excluding diaryl/α,β-unsaturated/α-hetero) is 1. The summed E-state index contributed by atoms with van der Waals surface area (Å²) in [6.45, 7) is 8.92. The zero-order chi connectivity index (χ0) is 19.5. The third-order valence-corrected chi connectivity index (χ3v) is 6.06. The fourth-order valence-corrected chi connectivity index (χ4v) is 4.25. The molecule has 8 heteroatoms. The van der Waals surface area contributed by atoms with Gasteiger partial charge >= 0.3 is 5.97 Å². The molecule has 0 unspecified atom stereocenters. The van der Waals surface area contributed by atoms with Gasteiger partial charge in [0.15, 0.2) is 12.3 Å². The van der Waals surface area contributed by atoms with Crippen molar-refractivity contribution in [2.45, 2.75) is 38.2 Å². The van der Waals surface area contributed by atoms with Gasteiger partial charge in [-0.1, -0.05) is 12.1 Å². The van der Waals surface area contributed by atoms with Gasteiger partial charge in [-0.2, -0.15) is 4.31 Å². The van der Waals surface area contributed by atoms with Crippen molar-refractivity contribution in [1.82, 2.24) is 4.31 Å². The Balaban J connectivity index is 1.96. The molecule has 1 aliphatic rings. The van der Waals surface area contributed by atoms with E-state index < -0.39 is 15.6 Å². The van der Waals surface area contributed by atoms with E-state index in [1.807, 2.05) is 20.8 Å². The molecule has 0 atom stereocenters. The topological polar surface area (TPSA) is 85.2 Å². The molecule has 0 spiro atoms. The minimum absolute atomic E-state index is 0.103. The Labute approximate surface area is 155 Å². The summed E-state index contributed by atoms with van der Waals surface area (Å²) in [5.74, 6) is -0.378. The number of hydrogen-bond donors (Lipinski definition) is 1. The van der Waals surface area contributed by atoms with Gasteiger partial charge in [-0.25, -0.2) is 13.2 Å². The summed E-state index contributed by atoms with van der Waals surface area (Å²) in [5, 5.41) is 0. The lowest BCUT2D eigenvalue weighted by molar-refractivity contribution is -0.896. The minimum Gasteiger partial charge on any atom is -0.456 e. The van der Waals surface area contributed by atoms with Crippen LogP contribution in [0.25, 0.3) is 0 Å². The van der Waals surface area contributed by atoms with Gasteiger partial charge in [0.25, 0.3) is 0 Å². The molecule has 1 fully saturated rings. The van der Waals surface area contributed by atoms with E-state index in [0.29, 0.717) is 31.7 Å². The lowest BCUT2D eigenvalue weighted by atomic mass is 10.2. The Bertz CT molecular complexity index is 758. The summed E-state index contributed by atoms with van der Waals surface area (Å²) in [7, 11) is -3.59. The van der Waals surface area contributed by atoms with Crippen molar-refractivity contribution in [2.75, 3.05) is 32.7 Å². The molecule has 144 valence electrons. The zero-order valence-electron chi connectivity index (χ0n) is 15.7. The normalized spacial score (nSPS) is 17.1. The number of ether oxygens (including phenoxy) is 1. The van der Waals surface area contributed by atoms with Crippen LogP contribution in [0.15, 0.2) is 29.2 Å². The number of piperazine rings is 1. The first-order chi connectivity index (χ1) is 12.0. The molecule has 0 aromatic heterocycles. The number of rotatable bonds is 5. The fraction of sp³-hybridized carbons (Fsp3) is 0.556. The summed E-state index contributed by atoms with van der Waals surface area (Å²) in [5.41, 5.74) is -0.0381. The predicted octanol–water partition coefficient (Wildman–Crippen LogP) is 0.120. The maximum atomic E-state index is 12.7. The van der Waals surface area contributed by atoms with Crippen LogP contribution in [0.5, 0.6) is 0 Å². The largest absolute Gasteiger partial charge is 0.456 e. The Morgan fingerprint density at radius 3 is 2.12 bits per heavy atom. The van der Waals surface area contributed by atoms with E-state index in [4.69, 9.17) is 4.74 Å². The van der Waals surface area contributed by atoms with E-state index in [1.165, 1.54) is 35.5 Å². The van der Waals surface area contributed by atoms with E-state index >= 15 is 0 Å². The maximum Gasteiger partial charge on any atom is 0.362 e. The van der Waals surface area contributed by atoms with Crippen molar-refractivity contribution in [1.29, 1.82) is 0 Å². The summed E-state index contributed by atoms with van der Waals surface area (Å²) in [4.78, 5) is 24.4. The first-order valence-electron chi connectivity index (χ1n) is 8.65. The summed E-state index contributed by atoms with van der Waals surface area (Å²) < 4.78 is 32.2. The van der Waals surface area contributed by atoms with Gasteiger partial charge in [0.2, 0.25) is 10.0 Å². The van der Waals surface area contributed by atoms with Crippen LogP contribution in [0.1, 0.15) is 38.1 Å². The van der Waals surface area contributed by atoms with Crippen molar-refractivity contribution in [3.8, 4) is 0 Å². The van der Waals surface area contributed by atoms with Crippen molar-refractivity contribution in [3.05, 3.63) is 29.8 Å². The van der Waals surface area contributed by atoms with Gasteiger partial charge in [0, 0.05) is 5.56 Å². The molecule has 1 aromatic carbocycles. The number of hydrogen-bond acceptors (Lipinski definition) is 5. The summed E-state index contributed by atoms with van der Waals surface area (Å²) in [6, 6.07) is 5.98. The number of ketones is 1. The van der Waals surface area contributed by atoms with Crippen LogP contribution >= 0.6 is 0 Å². The molecule has 1 aromatic rings. The van der Waals surface area contributed by atoms with E-state index in [-0.39, 0.29) is 23.2 Å². The first kappa shape index (κ1) is 20.5. The minimum atomic E-state index is -3.59. The molecule has 0 radical (unpaired) electrons. The van der Waals surface area contributed by atoms with Crippen LogP contribution < -0.4 is 4.90 Å². The number of carbonyl (C=O) groups is 2. The molecule has 0 saturated carbocycles. The first-order valence-corrected chi connectivity index (χ1v) is 10.1. The molecule has 0 amide bonds. The highest BCUT2D eigenvalue weighted by Gasteiger charge is 2.32. The number of esters is 1. The highest BCUT2D eigenvalue weighted by molar-refractivity contribution is 7.89. The van der Waals surface area contributed by atoms with E-state index in [2.05, 4.69) is 0 Å². The Morgan fingerprint density at radius 2 is 1.65 bits per heavy atom. The lowest BCUT2D eigenvalue weighted by Crippen LogP contribution is -3.15. The van der Waals surface area contributed by atoms with Crippen LogP contribution in [-0.2, 0) is 19.6 Å². The standard InChI is InChI=1S/C18H26N2O5S/c1-14(21)15-5-7-16(8-6-15)26(23,24)20-11-9-19(10-12-20)13-17(22)25-18(2,3)4/h5-8H,9-13H2,1-4H3/p+1. The van der Waals surface area contributed by atoms with Gasteiger partial charge in [0.1, 0.15) is 5.60 Å². The van der Waals surface area contributed by atoms with Crippen molar-refractivity contribution >= 4 is 21.8 Å². The van der Waals surface area contributed by atoms with Crippen molar-refractivity contribution < 1.29 is 27.6 Å². The van der Waals surface area contributed by atoms with Crippen LogP contribution in [0.3, 0.4) is 0 Å². The van der Waals surface area contributed by atoms with E-state index in [1.54, 1.807) is 0 Å². The SMILES string of the molecule is CC(=O)c1ccc(S(=O)(=O)N2CC[NH+](CC(=O)OC(C)(C)C)CC2)cc1. The zero-order valence-corrected chi connectivity index (χ0v) is 16.6. The molecule has 0 bridgehead atoms. The molecule has 1 N–H and O–H groups in total. The van der Waals surface area contributed by atoms with Crippen molar-refractivity contribution in [3.63, 3.8) is 0 Å². The number of nitrogens with zero attached hydrogens (tertiary/aromatic N) is 1. The number of benzene rings is 1. The second-order valence-corrected chi connectivity index (χ2v) is 9.44. The third kappa shape index (κ3) is 5.36. The molecule has 1 heterocycles. The van der Waals surface area contributed by atoms with E-state index in [0.717, 1.165) is 4.90 Å². The summed E-state index contributed by atoms with van der Waals surface area (Å²) in [6.07, 6.45) is 0. The maximum absolute atomic E-state index is 12.7. The van der Waals surface area contributed by atoms with E-state index in [9.17, 15) is 18.0 Å². The van der Waals surface area contributed by atoms with Crippen LogP contribution in [0, 0.1) is 0 Å². The molecular formula is C18H27N2O5S+. The number of carbonyl (C=O) groups excluding carboxylic acids is 2. The summed E-state index contributed by atoms with van der Waals surface area (Å²) >= 11 is 0. The molecule has 1 aliphatic heterocycles. The number of sulfonamides is 1. The second-order valence-electron chi connectivity index (χ2n) is 7.50. The second kappa shape index (κ2) is 7.85. The quantitative estimate of drug-likeness (QED) is 0.577. The average Bonchev–Trinajstić information content (AvgIpc) is 2.53. The molecule has 2 rings (SSSR count). The van der Waals surface area contributed by atoms with Gasteiger partial charge in [-0.3, -0.25) is 4.79 Å². The monoisotopic (exact) mass is 383 g/mol. The van der Waals surface area contributed by atoms with Gasteiger partial charge < -0.3 is 9.64 Å². The van der Waals surface area contributed by atoms with Crippen LogP contribution in [-0.4, -0.2) is 62.8 Å². The Hall–Kier alpha value is -1.77. The lowest BCUT2D eigenvalue weighted by Gasteiger charge is -2.31. The highest BCUT2D eigenvalue weighted by Crippen LogP contribution is 2.16. The van der Waals surface area contributed by atoms with Crippen molar-refractivity contribution in [2.24, 2.45) is 0 Å². The smallest absolute Gasteiger partial charge is 0.362 e. The predicted molar refractivity (Wildman–Crippen MR) is 96.6 cm³/mol. The highest BCUT2D eigenvalue weighted by atomic mass is 32.2.